The Bertz CT molecular complexity index is 907. The number of carbonyl (C=O) groups is 1. The van der Waals surface area contributed by atoms with E-state index in [1.807, 2.05) is 60.7 Å². The molecule has 0 aliphatic carbocycles. The molecule has 5 rings (SSSR count). The molecule has 3 aliphatic heterocycles. The maximum atomic E-state index is 12.1. The van der Waals surface area contributed by atoms with E-state index in [9.17, 15) is 4.79 Å². The highest BCUT2D eigenvalue weighted by Gasteiger charge is 2.51. The first-order valence-electron chi connectivity index (χ1n) is 11.3. The lowest BCUT2D eigenvalue weighted by molar-refractivity contribution is -0.349. The van der Waals surface area contributed by atoms with Crippen molar-refractivity contribution >= 4 is 5.91 Å². The summed E-state index contributed by atoms with van der Waals surface area (Å²) in [6.45, 7) is 3.21. The Morgan fingerprint density at radius 1 is 0.970 bits per heavy atom. The Hall–Kier alpha value is -2.33. The Kier molecular flexibility index (Phi) is 7.01. The Morgan fingerprint density at radius 3 is 2.39 bits per heavy atom. The van der Waals surface area contributed by atoms with Gasteiger partial charge in [-0.05, 0) is 5.56 Å². The van der Waals surface area contributed by atoms with Gasteiger partial charge < -0.3 is 33.7 Å². The van der Waals surface area contributed by atoms with Crippen molar-refractivity contribution < 1.29 is 33.2 Å². The van der Waals surface area contributed by atoms with Gasteiger partial charge in [0.25, 0.3) is 0 Å². The number of epoxide rings is 1. The second kappa shape index (κ2) is 10.3. The molecule has 8 heteroatoms. The maximum absolute atomic E-state index is 12.1. The van der Waals surface area contributed by atoms with Crippen LogP contribution in [0.15, 0.2) is 60.7 Å². The van der Waals surface area contributed by atoms with Crippen LogP contribution in [0.3, 0.4) is 0 Å². The van der Waals surface area contributed by atoms with Gasteiger partial charge in [0.2, 0.25) is 5.91 Å². The van der Waals surface area contributed by atoms with Crippen LogP contribution >= 0.6 is 0 Å². The van der Waals surface area contributed by atoms with Gasteiger partial charge in [-0.2, -0.15) is 0 Å². The highest BCUT2D eigenvalue weighted by molar-refractivity contribution is 5.73. The average Bonchev–Trinajstić information content (AvgIpc) is 3.67. The third-order valence-corrected chi connectivity index (χ3v) is 5.91. The van der Waals surface area contributed by atoms with Crippen molar-refractivity contribution in [2.24, 2.45) is 0 Å². The molecule has 3 aliphatic rings. The van der Waals surface area contributed by atoms with E-state index in [0.717, 1.165) is 11.1 Å². The van der Waals surface area contributed by atoms with E-state index in [1.165, 1.54) is 6.92 Å². The number of benzene rings is 2. The SMILES string of the molecule is CC(=O)N[C@H]1[C@H](OC[C@H]2CO2)O[C@@H]2COC(c3ccccc3)O[C@H]2[C@@H]1OCc1ccccc1. The zero-order chi connectivity index (χ0) is 22.6. The monoisotopic (exact) mass is 455 g/mol. The molecule has 1 unspecified atom stereocenters. The summed E-state index contributed by atoms with van der Waals surface area (Å²) in [4.78, 5) is 12.1. The molecule has 3 heterocycles. The third-order valence-electron chi connectivity index (χ3n) is 5.91. The smallest absolute Gasteiger partial charge is 0.217 e. The molecular formula is C25H29NO7. The molecule has 1 amide bonds. The van der Waals surface area contributed by atoms with Gasteiger partial charge in [-0.3, -0.25) is 4.79 Å². The minimum absolute atomic E-state index is 0.0642. The molecular weight excluding hydrogens is 426 g/mol. The van der Waals surface area contributed by atoms with Crippen LogP contribution in [0.4, 0.5) is 0 Å². The lowest BCUT2D eigenvalue weighted by Crippen LogP contribution is -2.67. The van der Waals surface area contributed by atoms with Crippen molar-refractivity contribution in [1.82, 2.24) is 5.32 Å². The molecule has 8 nitrogen and oxygen atoms in total. The Balaban J connectivity index is 1.38. The summed E-state index contributed by atoms with van der Waals surface area (Å²) in [6, 6.07) is 19.1. The van der Waals surface area contributed by atoms with Crippen LogP contribution in [0.1, 0.15) is 24.3 Å². The predicted molar refractivity (Wildman–Crippen MR) is 117 cm³/mol. The topological polar surface area (TPSA) is 87.8 Å². The minimum atomic E-state index is -0.708. The molecule has 2 aromatic carbocycles. The van der Waals surface area contributed by atoms with Crippen molar-refractivity contribution in [2.75, 3.05) is 19.8 Å². The quantitative estimate of drug-likeness (QED) is 0.612. The molecule has 176 valence electrons. The zero-order valence-electron chi connectivity index (χ0n) is 18.5. The first-order chi connectivity index (χ1) is 16.2. The van der Waals surface area contributed by atoms with E-state index in [4.69, 9.17) is 28.4 Å². The highest BCUT2D eigenvalue weighted by atomic mass is 16.8. The van der Waals surface area contributed by atoms with E-state index in [2.05, 4.69) is 5.32 Å². The molecule has 0 aromatic heterocycles. The van der Waals surface area contributed by atoms with Crippen LogP contribution in [0, 0.1) is 0 Å². The van der Waals surface area contributed by atoms with Gasteiger partial charge in [0.1, 0.15) is 30.5 Å². The van der Waals surface area contributed by atoms with Gasteiger partial charge in [-0.15, -0.1) is 0 Å². The number of carbonyl (C=O) groups excluding carboxylic acids is 1. The van der Waals surface area contributed by atoms with Crippen LogP contribution in [-0.4, -0.2) is 62.5 Å². The number of hydrogen-bond acceptors (Lipinski definition) is 7. The summed E-state index contributed by atoms with van der Waals surface area (Å²) < 4.78 is 36.3. The highest BCUT2D eigenvalue weighted by Crippen LogP contribution is 2.36. The summed E-state index contributed by atoms with van der Waals surface area (Å²) >= 11 is 0. The number of amides is 1. The average molecular weight is 456 g/mol. The Morgan fingerprint density at radius 2 is 1.70 bits per heavy atom. The van der Waals surface area contributed by atoms with Crippen molar-refractivity contribution in [3.63, 3.8) is 0 Å². The van der Waals surface area contributed by atoms with Gasteiger partial charge in [0.05, 0.1) is 26.4 Å². The summed E-state index contributed by atoms with van der Waals surface area (Å²) in [6.07, 6.45) is -2.56. The molecule has 3 saturated heterocycles. The van der Waals surface area contributed by atoms with Gasteiger partial charge >= 0.3 is 0 Å². The van der Waals surface area contributed by atoms with Crippen molar-refractivity contribution in [3.8, 4) is 0 Å². The maximum Gasteiger partial charge on any atom is 0.217 e. The molecule has 33 heavy (non-hydrogen) atoms. The second-order valence-corrected chi connectivity index (χ2v) is 8.50. The van der Waals surface area contributed by atoms with E-state index >= 15 is 0 Å². The third kappa shape index (κ3) is 5.60. The van der Waals surface area contributed by atoms with Crippen LogP contribution in [0.5, 0.6) is 0 Å². The largest absolute Gasteiger partial charge is 0.371 e. The van der Waals surface area contributed by atoms with Gasteiger partial charge in [0, 0.05) is 12.5 Å². The minimum Gasteiger partial charge on any atom is -0.371 e. The van der Waals surface area contributed by atoms with Gasteiger partial charge in [-0.1, -0.05) is 60.7 Å². The summed E-state index contributed by atoms with van der Waals surface area (Å²) in [5.41, 5.74) is 1.94. The van der Waals surface area contributed by atoms with E-state index in [0.29, 0.717) is 26.4 Å². The predicted octanol–water partition coefficient (Wildman–Crippen LogP) is 2.33. The molecule has 3 fully saturated rings. The second-order valence-electron chi connectivity index (χ2n) is 8.50. The number of ether oxygens (including phenoxy) is 6. The molecule has 0 spiro atoms. The molecule has 7 atom stereocenters. The lowest BCUT2D eigenvalue weighted by Gasteiger charge is -2.49. The van der Waals surface area contributed by atoms with Crippen molar-refractivity contribution in [3.05, 3.63) is 71.8 Å². The van der Waals surface area contributed by atoms with Crippen LogP contribution in [-0.2, 0) is 39.8 Å². The number of fused-ring (bicyclic) bond motifs is 1. The fourth-order valence-electron chi connectivity index (χ4n) is 4.21. The zero-order valence-corrected chi connectivity index (χ0v) is 18.5. The first-order valence-corrected chi connectivity index (χ1v) is 11.3. The first kappa shape index (κ1) is 22.5. The fourth-order valence-corrected chi connectivity index (χ4v) is 4.21. The van der Waals surface area contributed by atoms with E-state index in [1.54, 1.807) is 0 Å². The number of nitrogens with one attached hydrogen (secondary N) is 1. The molecule has 0 bridgehead atoms. The number of hydrogen-bond donors (Lipinski definition) is 1. The van der Waals surface area contributed by atoms with Crippen LogP contribution < -0.4 is 5.32 Å². The molecule has 1 N–H and O–H groups in total. The van der Waals surface area contributed by atoms with E-state index in [-0.39, 0.29) is 12.0 Å². The van der Waals surface area contributed by atoms with Crippen molar-refractivity contribution in [1.29, 1.82) is 0 Å². The summed E-state index contributed by atoms with van der Waals surface area (Å²) in [7, 11) is 0. The van der Waals surface area contributed by atoms with Crippen molar-refractivity contribution in [2.45, 2.75) is 56.6 Å². The van der Waals surface area contributed by atoms with Crippen LogP contribution in [0.2, 0.25) is 0 Å². The molecule has 2 aromatic rings. The summed E-state index contributed by atoms with van der Waals surface area (Å²) in [5, 5.41) is 2.97. The molecule has 0 radical (unpaired) electrons. The van der Waals surface area contributed by atoms with Gasteiger partial charge in [-0.25, -0.2) is 0 Å². The standard InChI is InChI=1S/C25H29NO7/c1-16(27)26-21-23(29-12-17-8-4-2-5-9-17)22-20(32-25(21)30-14-19-13-28-19)15-31-24(33-22)18-10-6-3-7-11-18/h2-11,19-25H,12-15H2,1H3,(H,26,27)/t19-,20-,21-,22-,23-,24?,25-/m1/s1. The molecule has 0 saturated carbocycles. The fraction of sp³-hybridized carbons (Fsp3) is 0.480. The normalized spacial score (nSPS) is 33.2. The lowest BCUT2D eigenvalue weighted by atomic mass is 9.95. The van der Waals surface area contributed by atoms with Gasteiger partial charge in [0.15, 0.2) is 12.6 Å². The van der Waals surface area contributed by atoms with Crippen LogP contribution in [0.25, 0.3) is 0 Å². The summed E-state index contributed by atoms with van der Waals surface area (Å²) in [5.74, 6) is -0.196. The number of rotatable bonds is 8. The Labute approximate surface area is 193 Å². The van der Waals surface area contributed by atoms with E-state index < -0.39 is 36.9 Å².